The summed E-state index contributed by atoms with van der Waals surface area (Å²) in [6.07, 6.45) is 0.123. The number of hydrogen-bond donors (Lipinski definition) is 2. The van der Waals surface area contributed by atoms with Gasteiger partial charge in [-0.15, -0.1) is 0 Å². The Balaban J connectivity index is 1.81. The van der Waals surface area contributed by atoms with Gasteiger partial charge in [0.25, 0.3) is 0 Å². The van der Waals surface area contributed by atoms with E-state index in [1.807, 2.05) is 79.7 Å². The Bertz CT molecular complexity index is 1160. The van der Waals surface area contributed by atoms with Gasteiger partial charge in [-0.3, -0.25) is 4.79 Å². The molecule has 3 aromatic carbocycles. The Kier molecular flexibility index (Phi) is 8.32. The van der Waals surface area contributed by atoms with E-state index in [2.05, 4.69) is 10.0 Å². The average Bonchev–Trinajstić information content (AvgIpc) is 2.80. The summed E-state index contributed by atoms with van der Waals surface area (Å²) in [5, 5.41) is 2.87. The lowest BCUT2D eigenvalue weighted by Gasteiger charge is -2.26. The van der Waals surface area contributed by atoms with Crippen molar-refractivity contribution in [2.45, 2.75) is 23.4 Å². The number of likely N-dealkylation sites (N-methyl/N-ethyl adjacent to an activating group) is 1. The fourth-order valence-electron chi connectivity index (χ4n) is 3.55. The largest absolute Gasteiger partial charge is 0.353 e. The molecule has 3 rings (SSSR count). The number of nitrogens with one attached hydrogen (secondary N) is 2. The zero-order chi connectivity index (χ0) is 23.8. The van der Waals surface area contributed by atoms with Crippen LogP contribution in [0.1, 0.15) is 17.2 Å². The molecule has 0 bridgehead atoms. The second-order valence-corrected chi connectivity index (χ2v) is 9.61. The summed E-state index contributed by atoms with van der Waals surface area (Å²) in [5.41, 5.74) is 1.80. The Morgan fingerprint density at radius 2 is 1.48 bits per heavy atom. The molecule has 3 aromatic rings. The topological polar surface area (TPSA) is 78.5 Å². The van der Waals surface area contributed by atoms with Crippen LogP contribution in [0.2, 0.25) is 0 Å². The van der Waals surface area contributed by atoms with Gasteiger partial charge in [0.2, 0.25) is 15.9 Å². The maximum Gasteiger partial charge on any atom is 0.244 e. The normalized spacial score (nSPS) is 13.5. The molecule has 0 saturated carbocycles. The summed E-state index contributed by atoms with van der Waals surface area (Å²) in [4.78, 5) is 14.6. The van der Waals surface area contributed by atoms with Crippen molar-refractivity contribution in [2.75, 3.05) is 20.6 Å². The van der Waals surface area contributed by atoms with Gasteiger partial charge in [-0.25, -0.2) is 12.8 Å². The Morgan fingerprint density at radius 1 is 0.909 bits per heavy atom. The Morgan fingerprint density at radius 3 is 2.09 bits per heavy atom. The standard InChI is InChI=1S/C25H28FN3O3S/c1-29(2)23(20-13-7-4-8-14-20)18-27-25(30)22(17-19-11-5-3-6-12-19)28-33(31,32)24-16-10-9-15-21(24)26/h3-16,22-23,28H,17-18H2,1-2H3,(H,27,30)/t22-,23-/m0/s1. The molecular weight excluding hydrogens is 441 g/mol. The molecule has 33 heavy (non-hydrogen) atoms. The summed E-state index contributed by atoms with van der Waals surface area (Å²) in [6, 6.07) is 22.7. The van der Waals surface area contributed by atoms with Crippen molar-refractivity contribution < 1.29 is 17.6 Å². The van der Waals surface area contributed by atoms with Crippen LogP contribution in [0.15, 0.2) is 89.8 Å². The third-order valence-electron chi connectivity index (χ3n) is 5.30. The molecule has 8 heteroatoms. The number of amides is 1. The van der Waals surface area contributed by atoms with Gasteiger partial charge in [0.15, 0.2) is 0 Å². The van der Waals surface area contributed by atoms with Crippen LogP contribution in [-0.4, -0.2) is 45.9 Å². The molecule has 0 spiro atoms. The fraction of sp³-hybridized carbons (Fsp3) is 0.240. The second kappa shape index (κ2) is 11.2. The van der Waals surface area contributed by atoms with Gasteiger partial charge in [0.1, 0.15) is 16.8 Å². The SMILES string of the molecule is CN(C)[C@@H](CNC(=O)[C@H](Cc1ccccc1)NS(=O)(=O)c1ccccc1F)c1ccccc1. The van der Waals surface area contributed by atoms with Gasteiger partial charge in [0.05, 0.1) is 6.04 Å². The minimum absolute atomic E-state index is 0.101. The van der Waals surface area contributed by atoms with Crippen LogP contribution in [0.25, 0.3) is 0 Å². The molecule has 0 aliphatic carbocycles. The highest BCUT2D eigenvalue weighted by Gasteiger charge is 2.28. The van der Waals surface area contributed by atoms with E-state index < -0.39 is 32.7 Å². The van der Waals surface area contributed by atoms with E-state index in [1.54, 1.807) is 0 Å². The van der Waals surface area contributed by atoms with Gasteiger partial charge in [-0.2, -0.15) is 4.72 Å². The zero-order valence-corrected chi connectivity index (χ0v) is 19.4. The van der Waals surface area contributed by atoms with E-state index in [-0.39, 0.29) is 19.0 Å². The van der Waals surface area contributed by atoms with Crippen LogP contribution in [0.4, 0.5) is 4.39 Å². The summed E-state index contributed by atoms with van der Waals surface area (Å²) < 4.78 is 42.3. The van der Waals surface area contributed by atoms with Crippen molar-refractivity contribution in [3.8, 4) is 0 Å². The number of carbonyl (C=O) groups is 1. The maximum atomic E-state index is 14.2. The molecule has 1 amide bonds. The molecule has 2 N–H and O–H groups in total. The van der Waals surface area contributed by atoms with Crippen LogP contribution in [0.3, 0.4) is 0 Å². The number of benzene rings is 3. The van der Waals surface area contributed by atoms with Crippen molar-refractivity contribution in [2.24, 2.45) is 0 Å². The molecule has 0 aliphatic heterocycles. The molecule has 0 saturated heterocycles. The predicted molar refractivity (Wildman–Crippen MR) is 127 cm³/mol. The first-order valence-electron chi connectivity index (χ1n) is 10.6. The lowest BCUT2D eigenvalue weighted by atomic mass is 10.0. The van der Waals surface area contributed by atoms with Gasteiger partial charge in [-0.05, 0) is 43.8 Å². The van der Waals surface area contributed by atoms with Crippen LogP contribution in [0, 0.1) is 5.82 Å². The molecule has 0 radical (unpaired) electrons. The monoisotopic (exact) mass is 469 g/mol. The highest BCUT2D eigenvalue weighted by atomic mass is 32.2. The summed E-state index contributed by atoms with van der Waals surface area (Å²) in [6.45, 7) is 0.280. The number of hydrogen-bond acceptors (Lipinski definition) is 4. The zero-order valence-electron chi connectivity index (χ0n) is 18.6. The van der Waals surface area contributed by atoms with E-state index in [9.17, 15) is 17.6 Å². The second-order valence-electron chi connectivity index (χ2n) is 7.93. The van der Waals surface area contributed by atoms with Gasteiger partial charge >= 0.3 is 0 Å². The van der Waals surface area contributed by atoms with E-state index in [0.29, 0.717) is 0 Å². The van der Waals surface area contributed by atoms with Gasteiger partial charge < -0.3 is 10.2 Å². The smallest absolute Gasteiger partial charge is 0.244 e. The lowest BCUT2D eigenvalue weighted by molar-refractivity contribution is -0.122. The molecule has 0 aromatic heterocycles. The minimum Gasteiger partial charge on any atom is -0.353 e. The lowest BCUT2D eigenvalue weighted by Crippen LogP contribution is -2.49. The summed E-state index contributed by atoms with van der Waals surface area (Å²) in [5.74, 6) is -1.36. The number of halogens is 1. The maximum absolute atomic E-state index is 14.2. The molecule has 0 aliphatic rings. The molecule has 0 fully saturated rings. The van der Waals surface area contributed by atoms with Crippen LogP contribution >= 0.6 is 0 Å². The van der Waals surface area contributed by atoms with E-state index >= 15 is 0 Å². The van der Waals surface area contributed by atoms with E-state index in [0.717, 1.165) is 17.2 Å². The predicted octanol–water partition coefficient (Wildman–Crippen LogP) is 3.13. The third-order valence-corrected chi connectivity index (χ3v) is 6.80. The molecule has 2 atom stereocenters. The van der Waals surface area contributed by atoms with Crippen molar-refractivity contribution >= 4 is 15.9 Å². The molecule has 6 nitrogen and oxygen atoms in total. The third kappa shape index (κ3) is 6.71. The first kappa shape index (κ1) is 24.6. The van der Waals surface area contributed by atoms with Crippen molar-refractivity contribution in [1.82, 2.24) is 14.9 Å². The number of nitrogens with zero attached hydrogens (tertiary/aromatic N) is 1. The van der Waals surface area contributed by atoms with Gasteiger partial charge in [-0.1, -0.05) is 72.8 Å². The molecule has 0 heterocycles. The summed E-state index contributed by atoms with van der Waals surface area (Å²) >= 11 is 0. The number of sulfonamides is 1. The van der Waals surface area contributed by atoms with E-state index in [1.165, 1.54) is 18.2 Å². The summed E-state index contributed by atoms with van der Waals surface area (Å²) in [7, 11) is -0.441. The Labute approximate surface area is 194 Å². The quantitative estimate of drug-likeness (QED) is 0.478. The number of rotatable bonds is 10. The first-order chi connectivity index (χ1) is 15.8. The van der Waals surface area contributed by atoms with Crippen LogP contribution in [-0.2, 0) is 21.2 Å². The molecule has 0 unspecified atom stereocenters. The minimum atomic E-state index is -4.26. The first-order valence-corrected chi connectivity index (χ1v) is 12.1. The van der Waals surface area contributed by atoms with Crippen molar-refractivity contribution in [1.29, 1.82) is 0 Å². The van der Waals surface area contributed by atoms with Crippen LogP contribution in [0.5, 0.6) is 0 Å². The number of carbonyl (C=O) groups excluding carboxylic acids is 1. The average molecular weight is 470 g/mol. The fourth-order valence-corrected chi connectivity index (χ4v) is 4.82. The van der Waals surface area contributed by atoms with Crippen molar-refractivity contribution in [3.05, 3.63) is 102 Å². The highest BCUT2D eigenvalue weighted by Crippen LogP contribution is 2.18. The molecular formula is C25H28FN3O3S. The van der Waals surface area contributed by atoms with Crippen LogP contribution < -0.4 is 10.0 Å². The highest BCUT2D eigenvalue weighted by molar-refractivity contribution is 7.89. The Hall–Kier alpha value is -3.07. The van der Waals surface area contributed by atoms with Crippen molar-refractivity contribution in [3.63, 3.8) is 0 Å². The van der Waals surface area contributed by atoms with Gasteiger partial charge in [0, 0.05) is 6.54 Å². The molecule has 174 valence electrons. The van der Waals surface area contributed by atoms with E-state index in [4.69, 9.17) is 0 Å².